The van der Waals surface area contributed by atoms with E-state index >= 15 is 0 Å². The fraction of sp³-hybridized carbons (Fsp3) is 0.625. The van der Waals surface area contributed by atoms with Crippen molar-refractivity contribution in [3.63, 3.8) is 0 Å². The van der Waals surface area contributed by atoms with Gasteiger partial charge in [-0.3, -0.25) is 4.84 Å². The predicted molar refractivity (Wildman–Crippen MR) is 72.6 cm³/mol. The Labute approximate surface area is 126 Å². The third kappa shape index (κ3) is 2.16. The van der Waals surface area contributed by atoms with Crippen molar-refractivity contribution in [2.45, 2.75) is 37.0 Å². The van der Waals surface area contributed by atoms with E-state index in [1.165, 1.54) is 12.1 Å². The molecule has 0 spiro atoms. The van der Waals surface area contributed by atoms with Crippen LogP contribution in [0.25, 0.3) is 0 Å². The average Bonchev–Trinajstić information content (AvgIpc) is 3.28. The van der Waals surface area contributed by atoms with E-state index in [9.17, 15) is 13.2 Å². The third-order valence-electron chi connectivity index (χ3n) is 5.20. The van der Waals surface area contributed by atoms with Crippen molar-refractivity contribution in [2.75, 3.05) is 13.3 Å². The zero-order valence-electron chi connectivity index (χ0n) is 12.0. The Morgan fingerprint density at radius 2 is 2.09 bits per heavy atom. The molecule has 1 aliphatic carbocycles. The van der Waals surface area contributed by atoms with E-state index in [4.69, 9.17) is 9.57 Å². The van der Waals surface area contributed by atoms with E-state index < -0.39 is 30.0 Å². The van der Waals surface area contributed by atoms with Crippen LogP contribution >= 0.6 is 0 Å². The lowest BCUT2D eigenvalue weighted by Gasteiger charge is -2.42. The molecule has 1 aromatic rings. The van der Waals surface area contributed by atoms with Crippen LogP contribution in [0.3, 0.4) is 0 Å². The summed E-state index contributed by atoms with van der Waals surface area (Å²) in [5, 5.41) is 0. The van der Waals surface area contributed by atoms with Crippen LogP contribution in [0.5, 0.6) is 0 Å². The highest BCUT2D eigenvalue weighted by Crippen LogP contribution is 2.49. The molecular formula is C16H18F3NO2. The van der Waals surface area contributed by atoms with Crippen molar-refractivity contribution in [3.05, 3.63) is 35.4 Å². The van der Waals surface area contributed by atoms with E-state index in [-0.39, 0.29) is 24.2 Å². The van der Waals surface area contributed by atoms with E-state index in [0.29, 0.717) is 12.3 Å². The van der Waals surface area contributed by atoms with E-state index in [1.54, 1.807) is 0 Å². The van der Waals surface area contributed by atoms with Crippen LogP contribution in [0.15, 0.2) is 18.2 Å². The van der Waals surface area contributed by atoms with Crippen molar-refractivity contribution in [1.82, 2.24) is 5.48 Å². The van der Waals surface area contributed by atoms with Crippen molar-refractivity contribution in [3.8, 4) is 0 Å². The summed E-state index contributed by atoms with van der Waals surface area (Å²) in [6.45, 7) is -0.433. The number of fused-ring (bicyclic) bond motifs is 1. The number of hydrogen-bond acceptors (Lipinski definition) is 3. The number of hydroxylamine groups is 1. The molecule has 3 nitrogen and oxygen atoms in total. The van der Waals surface area contributed by atoms with Crippen molar-refractivity contribution in [1.29, 1.82) is 0 Å². The first-order chi connectivity index (χ1) is 10.6. The summed E-state index contributed by atoms with van der Waals surface area (Å²) in [5.41, 5.74) is 2.14. The van der Waals surface area contributed by atoms with E-state index in [1.807, 2.05) is 0 Å². The maximum Gasteiger partial charge on any atom is 0.131 e. The lowest BCUT2D eigenvalue weighted by atomic mass is 9.72. The molecule has 0 radical (unpaired) electrons. The number of nitrogens with one attached hydrogen (secondary N) is 1. The highest BCUT2D eigenvalue weighted by molar-refractivity contribution is 5.30. The van der Waals surface area contributed by atoms with E-state index in [0.717, 1.165) is 18.9 Å². The second-order valence-electron chi connectivity index (χ2n) is 6.54. The lowest BCUT2D eigenvalue weighted by Crippen LogP contribution is -2.53. The highest BCUT2D eigenvalue weighted by atomic mass is 19.1. The first-order valence-electron chi connectivity index (χ1n) is 7.70. The molecule has 4 rings (SSSR count). The molecule has 1 saturated carbocycles. The second-order valence-corrected chi connectivity index (χ2v) is 6.54. The summed E-state index contributed by atoms with van der Waals surface area (Å²) < 4.78 is 46.7. The third-order valence-corrected chi connectivity index (χ3v) is 5.20. The van der Waals surface area contributed by atoms with Gasteiger partial charge in [0, 0.05) is 17.5 Å². The predicted octanol–water partition coefficient (Wildman–Crippen LogP) is 2.85. The van der Waals surface area contributed by atoms with Crippen LogP contribution in [-0.2, 0) is 15.1 Å². The van der Waals surface area contributed by atoms with Crippen LogP contribution in [0.1, 0.15) is 24.8 Å². The number of benzene rings is 1. The smallest absolute Gasteiger partial charge is 0.131 e. The average molecular weight is 313 g/mol. The molecule has 3 fully saturated rings. The van der Waals surface area contributed by atoms with Crippen molar-refractivity contribution in [2.24, 2.45) is 11.8 Å². The van der Waals surface area contributed by atoms with Gasteiger partial charge in [-0.2, -0.15) is 5.48 Å². The quantitative estimate of drug-likeness (QED) is 0.931. The molecule has 2 aliphatic heterocycles. The zero-order valence-corrected chi connectivity index (χ0v) is 12.0. The Hall–Kier alpha value is -1.11. The fourth-order valence-corrected chi connectivity index (χ4v) is 3.82. The number of rotatable bonds is 3. The van der Waals surface area contributed by atoms with Gasteiger partial charge in [0.2, 0.25) is 0 Å². The first kappa shape index (κ1) is 14.5. The highest BCUT2D eigenvalue weighted by Gasteiger charge is 2.57. The Morgan fingerprint density at radius 1 is 1.27 bits per heavy atom. The molecular weight excluding hydrogens is 295 g/mol. The lowest BCUT2D eigenvalue weighted by molar-refractivity contribution is -0.0775. The van der Waals surface area contributed by atoms with Gasteiger partial charge in [-0.1, -0.05) is 6.07 Å². The van der Waals surface area contributed by atoms with Gasteiger partial charge in [-0.25, -0.2) is 13.2 Å². The van der Waals surface area contributed by atoms with Gasteiger partial charge in [0.1, 0.15) is 24.4 Å². The van der Waals surface area contributed by atoms with Gasteiger partial charge >= 0.3 is 0 Å². The molecule has 2 heterocycles. The summed E-state index contributed by atoms with van der Waals surface area (Å²) in [6.07, 6.45) is 2.34. The minimum Gasteiger partial charge on any atom is -0.376 e. The Balaban J connectivity index is 1.71. The largest absolute Gasteiger partial charge is 0.376 e. The van der Waals surface area contributed by atoms with Gasteiger partial charge in [-0.05, 0) is 31.2 Å². The topological polar surface area (TPSA) is 30.5 Å². The van der Waals surface area contributed by atoms with Crippen LogP contribution < -0.4 is 5.48 Å². The molecule has 1 N–H and O–H groups in total. The maximum atomic E-state index is 14.3. The molecule has 0 unspecified atom stereocenters. The van der Waals surface area contributed by atoms with Gasteiger partial charge in [-0.15, -0.1) is 0 Å². The van der Waals surface area contributed by atoms with E-state index in [2.05, 4.69) is 5.48 Å². The minimum atomic E-state index is -0.945. The Bertz CT molecular complexity index is 581. The maximum absolute atomic E-state index is 14.3. The molecule has 0 amide bonds. The molecule has 0 bridgehead atoms. The Kier molecular flexibility index (Phi) is 3.43. The monoisotopic (exact) mass is 313 g/mol. The molecule has 6 heteroatoms. The molecule has 1 aromatic carbocycles. The number of halogens is 3. The normalized spacial score (nSPS) is 38.0. The summed E-state index contributed by atoms with van der Waals surface area (Å²) >= 11 is 0. The van der Waals surface area contributed by atoms with Crippen molar-refractivity contribution < 1.29 is 22.7 Å². The number of alkyl halides is 1. The molecule has 4 atom stereocenters. The van der Waals surface area contributed by atoms with Gasteiger partial charge in [0.15, 0.2) is 0 Å². The number of ether oxygens (including phenoxy) is 1. The van der Waals surface area contributed by atoms with Crippen molar-refractivity contribution >= 4 is 0 Å². The van der Waals surface area contributed by atoms with Gasteiger partial charge in [0.25, 0.3) is 0 Å². The molecule has 0 aromatic heterocycles. The SMILES string of the molecule is FC[C@@H]1ON[C@@]2(c3ccc(F)cc3F)CO[C@@H](C3CC3)C[C@@H]12. The summed E-state index contributed by atoms with van der Waals surface area (Å²) in [4.78, 5) is 5.38. The fourth-order valence-electron chi connectivity index (χ4n) is 3.82. The second kappa shape index (κ2) is 5.22. The summed E-state index contributed by atoms with van der Waals surface area (Å²) in [7, 11) is 0. The Morgan fingerprint density at radius 3 is 2.77 bits per heavy atom. The number of hydrogen-bond donors (Lipinski definition) is 1. The molecule has 22 heavy (non-hydrogen) atoms. The van der Waals surface area contributed by atoms with Crippen LogP contribution in [0.2, 0.25) is 0 Å². The first-order valence-corrected chi connectivity index (χ1v) is 7.70. The standard InChI is InChI=1S/C16H18F3NO2/c17-7-15-12-6-14(9-1-2-9)21-8-16(12,20-22-15)11-4-3-10(18)5-13(11)19/h3-5,9,12,14-15,20H,1-2,6-8H2/t12-,14+,15-,16+/m0/s1. The van der Waals surface area contributed by atoms with Crippen LogP contribution in [0.4, 0.5) is 13.2 Å². The summed E-state index contributed by atoms with van der Waals surface area (Å²) in [5.74, 6) is -0.995. The summed E-state index contributed by atoms with van der Waals surface area (Å²) in [6, 6.07) is 3.45. The minimum absolute atomic E-state index is 0.0826. The molecule has 2 saturated heterocycles. The molecule has 120 valence electrons. The van der Waals surface area contributed by atoms with Gasteiger partial charge < -0.3 is 4.74 Å². The van der Waals surface area contributed by atoms with Crippen LogP contribution in [-0.4, -0.2) is 25.5 Å². The molecule has 3 aliphatic rings. The van der Waals surface area contributed by atoms with Crippen LogP contribution in [0, 0.1) is 23.5 Å². The zero-order chi connectivity index (χ0) is 15.3. The van der Waals surface area contributed by atoms with Gasteiger partial charge in [0.05, 0.1) is 18.2 Å².